The zero-order chi connectivity index (χ0) is 16.2. The van der Waals surface area contributed by atoms with Crippen molar-refractivity contribution in [2.45, 2.75) is 38.1 Å². The maximum atomic E-state index is 12.2. The highest BCUT2D eigenvalue weighted by Gasteiger charge is 2.23. The van der Waals surface area contributed by atoms with Gasteiger partial charge in [-0.2, -0.15) is 0 Å². The first-order chi connectivity index (χ1) is 11.1. The van der Waals surface area contributed by atoms with E-state index in [1.54, 1.807) is 30.1 Å². The lowest BCUT2D eigenvalue weighted by Gasteiger charge is -2.31. The zero-order valence-corrected chi connectivity index (χ0v) is 13.2. The Morgan fingerprint density at radius 1 is 1.30 bits per heavy atom. The number of hydrogen-bond donors (Lipinski definition) is 0. The molecule has 0 atom stereocenters. The zero-order valence-electron chi connectivity index (χ0n) is 13.2. The number of oxazole rings is 1. The lowest BCUT2D eigenvalue weighted by molar-refractivity contribution is -0.135. The second kappa shape index (κ2) is 6.81. The molecule has 1 heterocycles. The van der Waals surface area contributed by atoms with Crippen molar-refractivity contribution in [2.24, 2.45) is 0 Å². The Hall–Kier alpha value is -2.37. The van der Waals surface area contributed by atoms with Crippen molar-refractivity contribution in [1.82, 2.24) is 9.88 Å². The minimum atomic E-state index is -0.534. The van der Waals surface area contributed by atoms with Gasteiger partial charge in [0.25, 0.3) is 5.91 Å². The van der Waals surface area contributed by atoms with Crippen LogP contribution >= 0.6 is 0 Å². The first-order valence-electron chi connectivity index (χ1n) is 7.91. The van der Waals surface area contributed by atoms with Crippen molar-refractivity contribution >= 4 is 23.0 Å². The van der Waals surface area contributed by atoms with E-state index in [0.717, 1.165) is 25.7 Å². The first-order valence-corrected chi connectivity index (χ1v) is 7.91. The Morgan fingerprint density at radius 3 is 2.87 bits per heavy atom. The molecule has 0 unspecified atom stereocenters. The third kappa shape index (κ3) is 3.52. The quantitative estimate of drug-likeness (QED) is 0.811. The molecule has 0 N–H and O–H groups in total. The summed E-state index contributed by atoms with van der Waals surface area (Å²) in [5.74, 6) is -0.695. The lowest BCUT2D eigenvalue weighted by atomic mass is 9.94. The predicted octanol–water partition coefficient (Wildman–Crippen LogP) is 2.78. The molecule has 0 spiro atoms. The standard InChI is InChI=1S/C17H20N2O4/c1-19(13-5-3-2-4-6-13)16(20)10-22-17(21)12-7-8-14-15(9-12)23-11-18-14/h7-9,11,13H,2-6,10H2,1H3. The van der Waals surface area contributed by atoms with Gasteiger partial charge >= 0.3 is 5.97 Å². The number of esters is 1. The van der Waals surface area contributed by atoms with Crippen LogP contribution in [0.1, 0.15) is 42.5 Å². The fourth-order valence-electron chi connectivity index (χ4n) is 2.97. The topological polar surface area (TPSA) is 72.6 Å². The van der Waals surface area contributed by atoms with Gasteiger partial charge in [0.15, 0.2) is 18.6 Å². The smallest absolute Gasteiger partial charge is 0.338 e. The van der Waals surface area contributed by atoms with Gasteiger partial charge in [-0.05, 0) is 31.0 Å². The van der Waals surface area contributed by atoms with Gasteiger partial charge in [-0.3, -0.25) is 4.79 Å². The van der Waals surface area contributed by atoms with Crippen LogP contribution in [-0.2, 0) is 9.53 Å². The molecule has 6 heteroatoms. The molecule has 0 aliphatic heterocycles. The number of carbonyl (C=O) groups is 2. The third-order valence-corrected chi connectivity index (χ3v) is 4.41. The number of ether oxygens (including phenoxy) is 1. The van der Waals surface area contributed by atoms with E-state index >= 15 is 0 Å². The fraction of sp³-hybridized carbons (Fsp3) is 0.471. The Morgan fingerprint density at radius 2 is 2.09 bits per heavy atom. The van der Waals surface area contributed by atoms with Crippen molar-refractivity contribution in [3.63, 3.8) is 0 Å². The van der Waals surface area contributed by atoms with Crippen LogP contribution in [0.4, 0.5) is 0 Å². The van der Waals surface area contributed by atoms with Gasteiger partial charge in [0.05, 0.1) is 5.56 Å². The summed E-state index contributed by atoms with van der Waals surface area (Å²) in [6.07, 6.45) is 6.91. The molecule has 3 rings (SSSR count). The number of benzene rings is 1. The molecule has 2 aromatic rings. The summed E-state index contributed by atoms with van der Waals surface area (Å²) < 4.78 is 10.3. The molecule has 23 heavy (non-hydrogen) atoms. The van der Waals surface area contributed by atoms with Gasteiger partial charge < -0.3 is 14.1 Å². The molecule has 6 nitrogen and oxygen atoms in total. The summed E-state index contributed by atoms with van der Waals surface area (Å²) in [7, 11) is 1.78. The average Bonchev–Trinajstić information content (AvgIpc) is 3.07. The van der Waals surface area contributed by atoms with Crippen LogP contribution in [0.3, 0.4) is 0 Å². The van der Waals surface area contributed by atoms with E-state index in [-0.39, 0.29) is 18.6 Å². The number of rotatable bonds is 4. The number of hydrogen-bond acceptors (Lipinski definition) is 5. The van der Waals surface area contributed by atoms with E-state index in [2.05, 4.69) is 4.98 Å². The monoisotopic (exact) mass is 316 g/mol. The molecule has 1 aromatic heterocycles. The molecule has 0 radical (unpaired) electrons. The fourth-order valence-corrected chi connectivity index (χ4v) is 2.97. The van der Waals surface area contributed by atoms with Crippen molar-refractivity contribution in [1.29, 1.82) is 0 Å². The summed E-state index contributed by atoms with van der Waals surface area (Å²) in [6, 6.07) is 5.13. The molecule has 1 aliphatic carbocycles. The highest BCUT2D eigenvalue weighted by Crippen LogP contribution is 2.21. The van der Waals surface area contributed by atoms with Gasteiger partial charge in [0.1, 0.15) is 5.52 Å². The molecule has 1 amide bonds. The van der Waals surface area contributed by atoms with Crippen LogP contribution in [0.5, 0.6) is 0 Å². The largest absolute Gasteiger partial charge is 0.452 e. The lowest BCUT2D eigenvalue weighted by Crippen LogP contribution is -2.40. The summed E-state index contributed by atoms with van der Waals surface area (Å²) >= 11 is 0. The van der Waals surface area contributed by atoms with Crippen molar-refractivity contribution in [2.75, 3.05) is 13.7 Å². The minimum absolute atomic E-state index is 0.161. The van der Waals surface area contributed by atoms with Crippen molar-refractivity contribution in [3.05, 3.63) is 30.2 Å². The minimum Gasteiger partial charge on any atom is -0.452 e. The number of carbonyl (C=O) groups excluding carboxylic acids is 2. The van der Waals surface area contributed by atoms with Crippen LogP contribution in [0.15, 0.2) is 29.0 Å². The van der Waals surface area contributed by atoms with E-state index in [9.17, 15) is 9.59 Å². The second-order valence-corrected chi connectivity index (χ2v) is 5.91. The highest BCUT2D eigenvalue weighted by atomic mass is 16.5. The molecule has 1 aromatic carbocycles. The third-order valence-electron chi connectivity index (χ3n) is 4.41. The molecule has 1 fully saturated rings. The molecular formula is C17H20N2O4. The maximum Gasteiger partial charge on any atom is 0.338 e. The van der Waals surface area contributed by atoms with Gasteiger partial charge in [-0.15, -0.1) is 0 Å². The molecular weight excluding hydrogens is 296 g/mol. The van der Waals surface area contributed by atoms with E-state index in [0.29, 0.717) is 16.7 Å². The van der Waals surface area contributed by atoms with Gasteiger partial charge in [0, 0.05) is 13.1 Å². The van der Waals surface area contributed by atoms with Gasteiger partial charge in [0.2, 0.25) is 0 Å². The number of amides is 1. The van der Waals surface area contributed by atoms with Crippen molar-refractivity contribution in [3.8, 4) is 0 Å². The van der Waals surface area contributed by atoms with Gasteiger partial charge in [-0.1, -0.05) is 19.3 Å². The normalized spacial score (nSPS) is 15.5. The number of fused-ring (bicyclic) bond motifs is 1. The SMILES string of the molecule is CN(C(=O)COC(=O)c1ccc2ncoc2c1)C1CCCCC1. The van der Waals surface area contributed by atoms with Crippen LogP contribution in [0.2, 0.25) is 0 Å². The van der Waals surface area contributed by atoms with E-state index in [1.165, 1.54) is 12.8 Å². The Kier molecular flexibility index (Phi) is 4.60. The maximum absolute atomic E-state index is 12.2. The molecule has 122 valence electrons. The molecule has 1 saturated carbocycles. The summed E-state index contributed by atoms with van der Waals surface area (Å²) in [6.45, 7) is -0.236. The van der Waals surface area contributed by atoms with Crippen LogP contribution in [0.25, 0.3) is 11.1 Å². The number of nitrogens with zero attached hydrogens (tertiary/aromatic N) is 2. The van der Waals surface area contributed by atoms with E-state index < -0.39 is 5.97 Å². The molecule has 1 aliphatic rings. The van der Waals surface area contributed by atoms with E-state index in [4.69, 9.17) is 9.15 Å². The summed E-state index contributed by atoms with van der Waals surface area (Å²) in [5.41, 5.74) is 1.54. The highest BCUT2D eigenvalue weighted by molar-refractivity contribution is 5.94. The summed E-state index contributed by atoms with van der Waals surface area (Å²) in [5, 5.41) is 0. The van der Waals surface area contributed by atoms with Crippen LogP contribution < -0.4 is 0 Å². The second-order valence-electron chi connectivity index (χ2n) is 5.91. The Bertz CT molecular complexity index is 703. The molecule has 0 saturated heterocycles. The van der Waals surface area contributed by atoms with Crippen LogP contribution in [-0.4, -0.2) is 41.5 Å². The first kappa shape index (κ1) is 15.5. The number of aromatic nitrogens is 1. The van der Waals surface area contributed by atoms with Crippen LogP contribution in [0, 0.1) is 0 Å². The number of likely N-dealkylation sites (N-methyl/N-ethyl adjacent to an activating group) is 1. The van der Waals surface area contributed by atoms with E-state index in [1.807, 2.05) is 0 Å². The van der Waals surface area contributed by atoms with Gasteiger partial charge in [-0.25, -0.2) is 9.78 Å². The Balaban J connectivity index is 1.56. The molecule has 0 bridgehead atoms. The predicted molar refractivity (Wildman–Crippen MR) is 83.9 cm³/mol. The summed E-state index contributed by atoms with van der Waals surface area (Å²) in [4.78, 5) is 29.9. The Labute approximate surface area is 134 Å². The average molecular weight is 316 g/mol. The van der Waals surface area contributed by atoms with Crippen molar-refractivity contribution < 1.29 is 18.7 Å².